The fourth-order valence-electron chi connectivity index (χ4n) is 3.86. The molecule has 0 saturated carbocycles. The molecule has 0 saturated heterocycles. The summed E-state index contributed by atoms with van der Waals surface area (Å²) in [5.74, 6) is -1.37. The standard InChI is InChI=1S/C26H34F3N3O3/c1-5-10-25(35,15-30-14-20-8-6-17(2)11-19(20)4)16-31-23(33)13-24(34)32-21-9-7-18(3)22(12-21)26(27,28)29/h6-9,11-12,30,35H,5,10,13-16H2,1-4H3,(H,31,33)(H,32,34)/t25-/m0/s1. The normalized spacial score (nSPS) is 13.3. The van der Waals surface area contributed by atoms with Crippen LogP contribution in [0.4, 0.5) is 18.9 Å². The van der Waals surface area contributed by atoms with Gasteiger partial charge in [0.25, 0.3) is 0 Å². The number of nitrogens with one attached hydrogen (secondary N) is 3. The fourth-order valence-corrected chi connectivity index (χ4v) is 3.86. The van der Waals surface area contributed by atoms with Crippen LogP contribution in [0.2, 0.25) is 0 Å². The lowest BCUT2D eigenvalue weighted by atomic mass is 9.97. The van der Waals surface area contributed by atoms with E-state index < -0.39 is 35.6 Å². The summed E-state index contributed by atoms with van der Waals surface area (Å²) in [6, 6.07) is 9.58. The van der Waals surface area contributed by atoms with Crippen molar-refractivity contribution in [2.45, 2.75) is 65.3 Å². The largest absolute Gasteiger partial charge is 0.416 e. The molecular formula is C26H34F3N3O3. The fraction of sp³-hybridized carbons (Fsp3) is 0.462. The molecule has 2 rings (SSSR count). The lowest BCUT2D eigenvalue weighted by Crippen LogP contribution is -2.49. The molecule has 2 amide bonds. The smallest absolute Gasteiger partial charge is 0.387 e. The van der Waals surface area contributed by atoms with Crippen molar-refractivity contribution in [1.29, 1.82) is 0 Å². The van der Waals surface area contributed by atoms with Crippen molar-refractivity contribution >= 4 is 17.5 Å². The number of halogens is 3. The Morgan fingerprint density at radius 1 is 0.943 bits per heavy atom. The Kier molecular flexibility index (Phi) is 9.85. The van der Waals surface area contributed by atoms with Crippen LogP contribution < -0.4 is 16.0 Å². The van der Waals surface area contributed by atoms with Crippen LogP contribution in [0, 0.1) is 20.8 Å². The molecule has 0 aliphatic rings. The van der Waals surface area contributed by atoms with E-state index in [1.807, 2.05) is 32.9 Å². The number of hydrogen-bond acceptors (Lipinski definition) is 4. The van der Waals surface area contributed by atoms with Gasteiger partial charge in [0.2, 0.25) is 11.8 Å². The van der Waals surface area contributed by atoms with Gasteiger partial charge in [-0.15, -0.1) is 0 Å². The van der Waals surface area contributed by atoms with E-state index in [9.17, 15) is 27.9 Å². The minimum atomic E-state index is -4.54. The minimum Gasteiger partial charge on any atom is -0.387 e. The molecule has 0 radical (unpaired) electrons. The van der Waals surface area contributed by atoms with E-state index in [-0.39, 0.29) is 24.3 Å². The van der Waals surface area contributed by atoms with E-state index in [0.717, 1.165) is 17.2 Å². The molecular weight excluding hydrogens is 459 g/mol. The number of benzene rings is 2. The Hall–Kier alpha value is -2.91. The quantitative estimate of drug-likeness (QED) is 0.350. The number of carbonyl (C=O) groups is 2. The lowest BCUT2D eigenvalue weighted by molar-refractivity contribution is -0.138. The van der Waals surface area contributed by atoms with E-state index >= 15 is 0 Å². The third-order valence-corrected chi connectivity index (χ3v) is 5.75. The molecule has 6 nitrogen and oxygen atoms in total. The number of hydrogen-bond donors (Lipinski definition) is 4. The number of aryl methyl sites for hydroxylation is 3. The first kappa shape index (κ1) is 28.3. The lowest BCUT2D eigenvalue weighted by Gasteiger charge is -2.28. The summed E-state index contributed by atoms with van der Waals surface area (Å²) in [5, 5.41) is 19.1. The zero-order valence-electron chi connectivity index (χ0n) is 20.6. The van der Waals surface area contributed by atoms with Gasteiger partial charge in [0.05, 0.1) is 11.2 Å². The zero-order valence-corrected chi connectivity index (χ0v) is 20.6. The van der Waals surface area contributed by atoms with Gasteiger partial charge >= 0.3 is 6.18 Å². The average molecular weight is 494 g/mol. The number of carbonyl (C=O) groups excluding carboxylic acids is 2. The van der Waals surface area contributed by atoms with Crippen LogP contribution in [0.25, 0.3) is 0 Å². The van der Waals surface area contributed by atoms with Gasteiger partial charge in [0.1, 0.15) is 6.42 Å². The summed E-state index contributed by atoms with van der Waals surface area (Å²) in [7, 11) is 0. The third kappa shape index (κ3) is 8.99. The number of alkyl halides is 3. The molecule has 35 heavy (non-hydrogen) atoms. The summed E-state index contributed by atoms with van der Waals surface area (Å²) < 4.78 is 39.2. The highest BCUT2D eigenvalue weighted by Gasteiger charge is 2.32. The maximum Gasteiger partial charge on any atom is 0.416 e. The molecule has 0 bridgehead atoms. The van der Waals surface area contributed by atoms with Crippen LogP contribution in [-0.2, 0) is 22.3 Å². The summed E-state index contributed by atoms with van der Waals surface area (Å²) in [4.78, 5) is 24.4. The van der Waals surface area contributed by atoms with E-state index in [2.05, 4.69) is 22.0 Å². The topological polar surface area (TPSA) is 90.5 Å². The Morgan fingerprint density at radius 3 is 2.29 bits per heavy atom. The molecule has 2 aromatic carbocycles. The highest BCUT2D eigenvalue weighted by molar-refractivity contribution is 6.03. The highest BCUT2D eigenvalue weighted by atomic mass is 19.4. The van der Waals surface area contributed by atoms with Crippen molar-refractivity contribution in [3.05, 3.63) is 64.2 Å². The summed E-state index contributed by atoms with van der Waals surface area (Å²) in [6.07, 6.45) is -4.00. The van der Waals surface area contributed by atoms with Crippen molar-refractivity contribution in [2.24, 2.45) is 0 Å². The molecule has 0 spiro atoms. The average Bonchev–Trinajstić information content (AvgIpc) is 2.75. The van der Waals surface area contributed by atoms with Gasteiger partial charge in [-0.2, -0.15) is 13.2 Å². The summed E-state index contributed by atoms with van der Waals surface area (Å²) in [6.45, 7) is 8.03. The van der Waals surface area contributed by atoms with Crippen LogP contribution in [-0.4, -0.2) is 35.6 Å². The number of amides is 2. The second-order valence-corrected chi connectivity index (χ2v) is 9.04. The Labute approximate surface area is 204 Å². The predicted octanol–water partition coefficient (Wildman–Crippen LogP) is 4.40. The Balaban J connectivity index is 1.88. The van der Waals surface area contributed by atoms with Crippen molar-refractivity contribution in [1.82, 2.24) is 10.6 Å². The highest BCUT2D eigenvalue weighted by Crippen LogP contribution is 2.33. The molecule has 4 N–H and O–H groups in total. The number of rotatable bonds is 11. The van der Waals surface area contributed by atoms with Gasteiger partial charge in [-0.1, -0.05) is 43.2 Å². The second kappa shape index (κ2) is 12.2. The molecule has 0 aliphatic heterocycles. The summed E-state index contributed by atoms with van der Waals surface area (Å²) in [5.41, 5.74) is 1.36. The van der Waals surface area contributed by atoms with E-state index in [1.54, 1.807) is 0 Å². The molecule has 192 valence electrons. The van der Waals surface area contributed by atoms with Crippen LogP contribution >= 0.6 is 0 Å². The van der Waals surface area contributed by atoms with E-state index in [4.69, 9.17) is 0 Å². The summed E-state index contributed by atoms with van der Waals surface area (Å²) >= 11 is 0. The Morgan fingerprint density at radius 2 is 1.66 bits per heavy atom. The molecule has 0 aliphatic carbocycles. The maximum atomic E-state index is 13.1. The van der Waals surface area contributed by atoms with E-state index in [1.165, 1.54) is 24.6 Å². The monoisotopic (exact) mass is 493 g/mol. The molecule has 0 unspecified atom stereocenters. The van der Waals surface area contributed by atoms with Crippen molar-refractivity contribution < 1.29 is 27.9 Å². The van der Waals surface area contributed by atoms with Crippen LogP contribution in [0.1, 0.15) is 54.0 Å². The van der Waals surface area contributed by atoms with Crippen LogP contribution in [0.3, 0.4) is 0 Å². The molecule has 0 fully saturated rings. The predicted molar refractivity (Wildman–Crippen MR) is 130 cm³/mol. The first-order valence-corrected chi connectivity index (χ1v) is 11.6. The van der Waals surface area contributed by atoms with Gasteiger partial charge in [0, 0.05) is 25.3 Å². The molecule has 2 aromatic rings. The van der Waals surface area contributed by atoms with Gasteiger partial charge in [-0.05, 0) is 56.0 Å². The van der Waals surface area contributed by atoms with Crippen molar-refractivity contribution in [2.75, 3.05) is 18.4 Å². The van der Waals surface area contributed by atoms with Gasteiger partial charge in [-0.3, -0.25) is 9.59 Å². The maximum absolute atomic E-state index is 13.1. The molecule has 0 heterocycles. The van der Waals surface area contributed by atoms with Gasteiger partial charge in [-0.25, -0.2) is 0 Å². The first-order chi connectivity index (χ1) is 16.3. The van der Waals surface area contributed by atoms with Crippen LogP contribution in [0.15, 0.2) is 36.4 Å². The first-order valence-electron chi connectivity index (χ1n) is 11.6. The SMILES string of the molecule is CCC[C@](O)(CNCc1ccc(C)cc1C)CNC(=O)CC(=O)Nc1ccc(C)c(C(F)(F)F)c1. The zero-order chi connectivity index (χ0) is 26.2. The van der Waals surface area contributed by atoms with Gasteiger partial charge in [0.15, 0.2) is 0 Å². The Bertz CT molecular complexity index is 1040. The molecule has 9 heteroatoms. The number of anilines is 1. The minimum absolute atomic E-state index is 0.0367. The number of aliphatic hydroxyl groups is 1. The van der Waals surface area contributed by atoms with Crippen LogP contribution in [0.5, 0.6) is 0 Å². The third-order valence-electron chi connectivity index (χ3n) is 5.75. The van der Waals surface area contributed by atoms with E-state index in [0.29, 0.717) is 19.4 Å². The van der Waals surface area contributed by atoms with Gasteiger partial charge < -0.3 is 21.1 Å². The molecule has 0 aromatic heterocycles. The van der Waals surface area contributed by atoms with Crippen molar-refractivity contribution in [3.63, 3.8) is 0 Å². The molecule has 1 atom stereocenters. The van der Waals surface area contributed by atoms with Crippen molar-refractivity contribution in [3.8, 4) is 0 Å². The second-order valence-electron chi connectivity index (χ2n) is 9.04.